The second-order valence-electron chi connectivity index (χ2n) is 4.49. The minimum absolute atomic E-state index is 0.000377. The van der Waals surface area contributed by atoms with Gasteiger partial charge < -0.3 is 5.32 Å². The Labute approximate surface area is 101 Å². The Bertz CT molecular complexity index is 425. The van der Waals surface area contributed by atoms with Gasteiger partial charge in [-0.1, -0.05) is 25.0 Å². The first-order chi connectivity index (χ1) is 8.29. The number of nitrogens with zero attached hydrogens (tertiary/aromatic N) is 1. The second kappa shape index (κ2) is 5.49. The van der Waals surface area contributed by atoms with Crippen molar-refractivity contribution in [2.75, 3.05) is 0 Å². The molecule has 17 heavy (non-hydrogen) atoms. The van der Waals surface area contributed by atoms with Crippen LogP contribution >= 0.6 is 0 Å². The number of amides is 1. The zero-order valence-electron chi connectivity index (χ0n) is 9.78. The van der Waals surface area contributed by atoms with Crippen molar-refractivity contribution < 1.29 is 4.79 Å². The fourth-order valence-corrected chi connectivity index (χ4v) is 2.20. The third-order valence-corrected chi connectivity index (χ3v) is 3.19. The van der Waals surface area contributed by atoms with Gasteiger partial charge in [-0.25, -0.2) is 0 Å². The highest BCUT2D eigenvalue weighted by Crippen LogP contribution is 2.18. The van der Waals surface area contributed by atoms with Crippen LogP contribution in [0.25, 0.3) is 0 Å². The lowest BCUT2D eigenvalue weighted by Crippen LogP contribution is -2.32. The van der Waals surface area contributed by atoms with E-state index in [4.69, 9.17) is 5.26 Å². The lowest BCUT2D eigenvalue weighted by atomic mass is 10.1. The van der Waals surface area contributed by atoms with Crippen molar-refractivity contribution in [2.45, 2.75) is 38.1 Å². The van der Waals surface area contributed by atoms with Crippen LogP contribution in [0.4, 0.5) is 0 Å². The summed E-state index contributed by atoms with van der Waals surface area (Å²) in [7, 11) is 0. The first kappa shape index (κ1) is 11.7. The Morgan fingerprint density at radius 1 is 1.29 bits per heavy atom. The molecule has 0 radical (unpaired) electrons. The SMILES string of the molecule is N#CCc1ccc(C(=O)NC2CCCC2)cc1. The molecule has 0 aromatic heterocycles. The van der Waals surface area contributed by atoms with Gasteiger partial charge in [0.2, 0.25) is 0 Å². The van der Waals surface area contributed by atoms with Crippen LogP contribution in [0.2, 0.25) is 0 Å². The van der Waals surface area contributed by atoms with E-state index in [1.54, 1.807) is 12.1 Å². The maximum absolute atomic E-state index is 11.9. The minimum Gasteiger partial charge on any atom is -0.349 e. The number of nitriles is 1. The lowest BCUT2D eigenvalue weighted by Gasteiger charge is -2.11. The van der Waals surface area contributed by atoms with Crippen LogP contribution in [0.3, 0.4) is 0 Å². The summed E-state index contributed by atoms with van der Waals surface area (Å²) < 4.78 is 0. The summed E-state index contributed by atoms with van der Waals surface area (Å²) in [5.74, 6) is 0.000377. The van der Waals surface area contributed by atoms with Crippen molar-refractivity contribution >= 4 is 5.91 Å². The van der Waals surface area contributed by atoms with Crippen molar-refractivity contribution in [3.63, 3.8) is 0 Å². The number of nitrogens with one attached hydrogen (secondary N) is 1. The number of carbonyl (C=O) groups excluding carboxylic acids is 1. The predicted octanol–water partition coefficient (Wildman–Crippen LogP) is 2.43. The highest BCUT2D eigenvalue weighted by atomic mass is 16.1. The summed E-state index contributed by atoms with van der Waals surface area (Å²) in [5.41, 5.74) is 1.63. The van der Waals surface area contributed by atoms with Gasteiger partial charge in [0.1, 0.15) is 0 Å². The quantitative estimate of drug-likeness (QED) is 0.863. The molecular weight excluding hydrogens is 212 g/mol. The third-order valence-electron chi connectivity index (χ3n) is 3.19. The van der Waals surface area contributed by atoms with Gasteiger partial charge in [-0.15, -0.1) is 0 Å². The summed E-state index contributed by atoms with van der Waals surface area (Å²) in [6, 6.07) is 9.70. The van der Waals surface area contributed by atoms with Crippen molar-refractivity contribution in [2.24, 2.45) is 0 Å². The average Bonchev–Trinajstić information content (AvgIpc) is 2.83. The number of benzene rings is 1. The largest absolute Gasteiger partial charge is 0.349 e. The van der Waals surface area contributed by atoms with Gasteiger partial charge in [0.25, 0.3) is 5.91 Å². The molecular formula is C14H16N2O. The Hall–Kier alpha value is -1.82. The lowest BCUT2D eigenvalue weighted by molar-refractivity contribution is 0.0938. The molecule has 1 aliphatic carbocycles. The molecule has 2 rings (SSSR count). The Morgan fingerprint density at radius 2 is 1.94 bits per heavy atom. The zero-order chi connectivity index (χ0) is 12.1. The Kier molecular flexibility index (Phi) is 3.77. The van der Waals surface area contributed by atoms with E-state index in [2.05, 4.69) is 11.4 Å². The predicted molar refractivity (Wildman–Crippen MR) is 65.5 cm³/mol. The molecule has 88 valence electrons. The average molecular weight is 228 g/mol. The fourth-order valence-electron chi connectivity index (χ4n) is 2.20. The highest BCUT2D eigenvalue weighted by molar-refractivity contribution is 5.94. The van der Waals surface area contributed by atoms with Crippen molar-refractivity contribution in [1.29, 1.82) is 5.26 Å². The minimum atomic E-state index is 0.000377. The molecule has 0 saturated heterocycles. The topological polar surface area (TPSA) is 52.9 Å². The monoisotopic (exact) mass is 228 g/mol. The van der Waals surface area contributed by atoms with E-state index in [9.17, 15) is 4.79 Å². The first-order valence-electron chi connectivity index (χ1n) is 6.06. The second-order valence-corrected chi connectivity index (χ2v) is 4.49. The molecule has 0 bridgehead atoms. The third kappa shape index (κ3) is 3.07. The molecule has 3 nitrogen and oxygen atoms in total. The molecule has 3 heteroatoms. The van der Waals surface area contributed by atoms with Crippen molar-refractivity contribution in [3.8, 4) is 6.07 Å². The van der Waals surface area contributed by atoms with Crippen molar-refractivity contribution in [3.05, 3.63) is 35.4 Å². The molecule has 1 saturated carbocycles. The van der Waals surface area contributed by atoms with Crippen LogP contribution in [0, 0.1) is 11.3 Å². The molecule has 0 spiro atoms. The molecule has 1 amide bonds. The summed E-state index contributed by atoms with van der Waals surface area (Å²) in [4.78, 5) is 11.9. The Balaban J connectivity index is 1.96. The van der Waals surface area contributed by atoms with E-state index in [0.717, 1.165) is 18.4 Å². The fraction of sp³-hybridized carbons (Fsp3) is 0.429. The van der Waals surface area contributed by atoms with E-state index in [1.807, 2.05) is 12.1 Å². The van der Waals surface area contributed by atoms with Crippen LogP contribution in [0.5, 0.6) is 0 Å². The highest BCUT2D eigenvalue weighted by Gasteiger charge is 2.17. The summed E-state index contributed by atoms with van der Waals surface area (Å²) >= 11 is 0. The van der Waals surface area contributed by atoms with Gasteiger partial charge in [0.05, 0.1) is 12.5 Å². The summed E-state index contributed by atoms with van der Waals surface area (Å²) in [6.07, 6.45) is 5.01. The van der Waals surface area contributed by atoms with E-state index >= 15 is 0 Å². The molecule has 1 fully saturated rings. The molecule has 0 unspecified atom stereocenters. The van der Waals surface area contributed by atoms with E-state index in [-0.39, 0.29) is 5.91 Å². The molecule has 1 N–H and O–H groups in total. The summed E-state index contributed by atoms with van der Waals surface area (Å²) in [5, 5.41) is 11.6. The van der Waals surface area contributed by atoms with Gasteiger partial charge in [0.15, 0.2) is 0 Å². The van der Waals surface area contributed by atoms with Crippen LogP contribution in [-0.2, 0) is 6.42 Å². The number of hydrogen-bond donors (Lipinski definition) is 1. The Morgan fingerprint density at radius 3 is 2.53 bits per heavy atom. The van der Waals surface area contributed by atoms with E-state index in [0.29, 0.717) is 18.0 Å². The van der Waals surface area contributed by atoms with Crippen molar-refractivity contribution in [1.82, 2.24) is 5.32 Å². The van der Waals surface area contributed by atoms with E-state index in [1.165, 1.54) is 12.8 Å². The smallest absolute Gasteiger partial charge is 0.251 e. The van der Waals surface area contributed by atoms with Crippen LogP contribution in [-0.4, -0.2) is 11.9 Å². The first-order valence-corrected chi connectivity index (χ1v) is 6.06. The van der Waals surface area contributed by atoms with E-state index < -0.39 is 0 Å². The maximum Gasteiger partial charge on any atom is 0.251 e. The van der Waals surface area contributed by atoms with Gasteiger partial charge in [0, 0.05) is 11.6 Å². The van der Waals surface area contributed by atoms with Gasteiger partial charge in [-0.3, -0.25) is 4.79 Å². The van der Waals surface area contributed by atoms with Gasteiger partial charge in [-0.2, -0.15) is 5.26 Å². The number of hydrogen-bond acceptors (Lipinski definition) is 2. The number of rotatable bonds is 3. The standard InChI is InChI=1S/C14H16N2O/c15-10-9-11-5-7-12(8-6-11)14(17)16-13-3-1-2-4-13/h5-8,13H,1-4,9H2,(H,16,17). The molecule has 1 aromatic carbocycles. The van der Waals surface area contributed by atoms with Crippen LogP contribution in [0.1, 0.15) is 41.6 Å². The molecule has 0 aliphatic heterocycles. The van der Waals surface area contributed by atoms with Gasteiger partial charge >= 0.3 is 0 Å². The molecule has 0 heterocycles. The number of carbonyl (C=O) groups is 1. The zero-order valence-corrected chi connectivity index (χ0v) is 9.78. The molecule has 1 aromatic rings. The normalized spacial score (nSPS) is 15.5. The summed E-state index contributed by atoms with van der Waals surface area (Å²) in [6.45, 7) is 0. The van der Waals surface area contributed by atoms with Gasteiger partial charge in [-0.05, 0) is 30.5 Å². The maximum atomic E-state index is 11.9. The van der Waals surface area contributed by atoms with Crippen LogP contribution < -0.4 is 5.32 Å². The van der Waals surface area contributed by atoms with Crippen LogP contribution in [0.15, 0.2) is 24.3 Å². The molecule has 0 atom stereocenters. The molecule has 1 aliphatic rings.